The predicted molar refractivity (Wildman–Crippen MR) is 76.5 cm³/mol. The molecule has 4 heteroatoms. The molecule has 1 aromatic carbocycles. The number of hydrogen-bond acceptors (Lipinski definition) is 3. The zero-order chi connectivity index (χ0) is 14.4. The Morgan fingerprint density at radius 3 is 2.25 bits per heavy atom. The first-order valence-electron chi connectivity index (χ1n) is 7.18. The molecule has 1 aliphatic rings. The van der Waals surface area contributed by atoms with Gasteiger partial charge in [-0.25, -0.2) is 4.79 Å². The summed E-state index contributed by atoms with van der Waals surface area (Å²) >= 11 is 0. The minimum Gasteiger partial charge on any atom is -0.452 e. The molecule has 1 aromatic rings. The molecule has 0 radical (unpaired) electrons. The molecule has 0 bridgehead atoms. The van der Waals surface area contributed by atoms with E-state index in [0.29, 0.717) is 5.56 Å². The van der Waals surface area contributed by atoms with E-state index >= 15 is 0 Å². The maximum Gasteiger partial charge on any atom is 0.338 e. The number of carbonyl (C=O) groups excluding carboxylic acids is 2. The molecule has 4 nitrogen and oxygen atoms in total. The van der Waals surface area contributed by atoms with Gasteiger partial charge in [0.15, 0.2) is 6.61 Å². The molecule has 108 valence electrons. The Balaban J connectivity index is 1.83. The van der Waals surface area contributed by atoms with Crippen LogP contribution in [0.25, 0.3) is 0 Å². The standard InChI is InChI=1S/C16H21NO3/c1-13-6-8-14(9-7-13)16(19)20-12-15(18)17-10-4-2-3-5-11-17/h6-9H,2-5,10-12H2,1H3. The number of esters is 1. The van der Waals surface area contributed by atoms with Gasteiger partial charge in [0.25, 0.3) is 5.91 Å². The summed E-state index contributed by atoms with van der Waals surface area (Å²) in [6.07, 6.45) is 4.43. The molecule has 0 aliphatic carbocycles. The van der Waals surface area contributed by atoms with Gasteiger partial charge in [-0.1, -0.05) is 30.5 Å². The maximum atomic E-state index is 12.0. The summed E-state index contributed by atoms with van der Waals surface area (Å²) in [4.78, 5) is 25.6. The summed E-state index contributed by atoms with van der Waals surface area (Å²) in [5.41, 5.74) is 1.57. The maximum absolute atomic E-state index is 12.0. The summed E-state index contributed by atoms with van der Waals surface area (Å²) in [5.74, 6) is -0.527. The molecular weight excluding hydrogens is 254 g/mol. The van der Waals surface area contributed by atoms with E-state index in [2.05, 4.69) is 0 Å². The molecule has 0 unspecified atom stereocenters. The number of nitrogens with zero attached hydrogens (tertiary/aromatic N) is 1. The quantitative estimate of drug-likeness (QED) is 0.796. The summed E-state index contributed by atoms with van der Waals surface area (Å²) < 4.78 is 5.09. The molecule has 1 fully saturated rings. The first-order chi connectivity index (χ1) is 9.66. The van der Waals surface area contributed by atoms with Gasteiger partial charge in [-0.3, -0.25) is 4.79 Å². The number of hydrogen-bond donors (Lipinski definition) is 0. The van der Waals surface area contributed by atoms with Gasteiger partial charge in [0, 0.05) is 13.1 Å². The highest BCUT2D eigenvalue weighted by Gasteiger charge is 2.17. The van der Waals surface area contributed by atoms with E-state index in [4.69, 9.17) is 4.74 Å². The molecule has 0 N–H and O–H groups in total. The van der Waals surface area contributed by atoms with Gasteiger partial charge < -0.3 is 9.64 Å². The Hall–Kier alpha value is -1.84. The van der Waals surface area contributed by atoms with E-state index in [1.165, 1.54) is 12.8 Å². The van der Waals surface area contributed by atoms with Crippen LogP contribution in [0.3, 0.4) is 0 Å². The second-order valence-corrected chi connectivity index (χ2v) is 5.24. The smallest absolute Gasteiger partial charge is 0.338 e. The predicted octanol–water partition coefficient (Wildman–Crippen LogP) is 2.55. The molecule has 1 saturated heterocycles. The zero-order valence-electron chi connectivity index (χ0n) is 11.9. The van der Waals surface area contributed by atoms with Crippen LogP contribution in [-0.4, -0.2) is 36.5 Å². The fraction of sp³-hybridized carbons (Fsp3) is 0.500. The third-order valence-corrected chi connectivity index (χ3v) is 3.57. The molecule has 1 heterocycles. The molecular formula is C16H21NO3. The van der Waals surface area contributed by atoms with Crippen molar-refractivity contribution < 1.29 is 14.3 Å². The Morgan fingerprint density at radius 2 is 1.65 bits per heavy atom. The van der Waals surface area contributed by atoms with Gasteiger partial charge in [-0.05, 0) is 31.9 Å². The Kier molecular flexibility index (Phi) is 5.16. The van der Waals surface area contributed by atoms with E-state index < -0.39 is 5.97 Å². The summed E-state index contributed by atoms with van der Waals surface area (Å²) in [7, 11) is 0. The van der Waals surface area contributed by atoms with E-state index in [9.17, 15) is 9.59 Å². The fourth-order valence-corrected chi connectivity index (χ4v) is 2.31. The molecule has 0 aromatic heterocycles. The van der Waals surface area contributed by atoms with Crippen molar-refractivity contribution in [3.63, 3.8) is 0 Å². The second kappa shape index (κ2) is 7.08. The van der Waals surface area contributed by atoms with E-state index in [-0.39, 0.29) is 12.5 Å². The molecule has 0 saturated carbocycles. The minimum absolute atomic E-state index is 0.0904. The van der Waals surface area contributed by atoms with Crippen LogP contribution < -0.4 is 0 Å². The van der Waals surface area contributed by atoms with E-state index in [1.807, 2.05) is 19.1 Å². The zero-order valence-corrected chi connectivity index (χ0v) is 11.9. The highest BCUT2D eigenvalue weighted by molar-refractivity contribution is 5.91. The van der Waals surface area contributed by atoms with Crippen molar-refractivity contribution in [2.75, 3.05) is 19.7 Å². The van der Waals surface area contributed by atoms with Crippen LogP contribution in [0.5, 0.6) is 0 Å². The molecule has 2 rings (SSSR count). The first-order valence-corrected chi connectivity index (χ1v) is 7.18. The van der Waals surface area contributed by atoms with E-state index in [1.54, 1.807) is 17.0 Å². The van der Waals surface area contributed by atoms with Crippen LogP contribution >= 0.6 is 0 Å². The Morgan fingerprint density at radius 1 is 1.05 bits per heavy atom. The van der Waals surface area contributed by atoms with Crippen LogP contribution in [-0.2, 0) is 9.53 Å². The lowest BCUT2D eigenvalue weighted by molar-refractivity contribution is -0.134. The molecule has 1 amide bonds. The lowest BCUT2D eigenvalue weighted by Gasteiger charge is -2.19. The van der Waals surface area contributed by atoms with Crippen molar-refractivity contribution >= 4 is 11.9 Å². The topological polar surface area (TPSA) is 46.6 Å². The van der Waals surface area contributed by atoms with Crippen molar-refractivity contribution in [3.05, 3.63) is 35.4 Å². The van der Waals surface area contributed by atoms with Gasteiger partial charge in [-0.2, -0.15) is 0 Å². The number of rotatable bonds is 3. The van der Waals surface area contributed by atoms with Crippen LogP contribution in [0.2, 0.25) is 0 Å². The summed E-state index contributed by atoms with van der Waals surface area (Å²) in [5, 5.41) is 0. The average molecular weight is 275 g/mol. The Labute approximate surface area is 119 Å². The lowest BCUT2D eigenvalue weighted by Crippen LogP contribution is -2.35. The third-order valence-electron chi connectivity index (χ3n) is 3.57. The van der Waals surface area contributed by atoms with E-state index in [0.717, 1.165) is 31.5 Å². The fourth-order valence-electron chi connectivity index (χ4n) is 2.31. The average Bonchev–Trinajstić information content (AvgIpc) is 2.74. The highest BCUT2D eigenvalue weighted by Crippen LogP contribution is 2.10. The summed E-state index contributed by atoms with van der Waals surface area (Å²) in [6.45, 7) is 3.35. The number of ether oxygens (including phenoxy) is 1. The normalized spacial score (nSPS) is 15.6. The van der Waals surface area contributed by atoms with Gasteiger partial charge in [0.1, 0.15) is 0 Å². The van der Waals surface area contributed by atoms with Crippen LogP contribution in [0.4, 0.5) is 0 Å². The summed E-state index contributed by atoms with van der Waals surface area (Å²) in [6, 6.07) is 7.14. The van der Waals surface area contributed by atoms with Gasteiger partial charge in [0.05, 0.1) is 5.56 Å². The number of amides is 1. The van der Waals surface area contributed by atoms with Gasteiger partial charge >= 0.3 is 5.97 Å². The van der Waals surface area contributed by atoms with Crippen LogP contribution in [0.1, 0.15) is 41.6 Å². The van der Waals surface area contributed by atoms with Crippen molar-refractivity contribution in [2.45, 2.75) is 32.6 Å². The lowest BCUT2D eigenvalue weighted by atomic mass is 10.1. The molecule has 0 spiro atoms. The number of likely N-dealkylation sites (tertiary alicyclic amines) is 1. The highest BCUT2D eigenvalue weighted by atomic mass is 16.5. The van der Waals surface area contributed by atoms with Crippen molar-refractivity contribution in [2.24, 2.45) is 0 Å². The van der Waals surface area contributed by atoms with Crippen molar-refractivity contribution in [1.82, 2.24) is 4.90 Å². The van der Waals surface area contributed by atoms with Crippen molar-refractivity contribution in [1.29, 1.82) is 0 Å². The second-order valence-electron chi connectivity index (χ2n) is 5.24. The van der Waals surface area contributed by atoms with Gasteiger partial charge in [-0.15, -0.1) is 0 Å². The number of carbonyl (C=O) groups is 2. The minimum atomic E-state index is -0.437. The molecule has 1 aliphatic heterocycles. The number of aryl methyl sites for hydroxylation is 1. The SMILES string of the molecule is Cc1ccc(C(=O)OCC(=O)N2CCCCCC2)cc1. The molecule has 20 heavy (non-hydrogen) atoms. The van der Waals surface area contributed by atoms with Crippen molar-refractivity contribution in [3.8, 4) is 0 Å². The van der Waals surface area contributed by atoms with Gasteiger partial charge in [0.2, 0.25) is 0 Å². The largest absolute Gasteiger partial charge is 0.452 e. The monoisotopic (exact) mass is 275 g/mol. The molecule has 0 atom stereocenters. The van der Waals surface area contributed by atoms with Crippen LogP contribution in [0, 0.1) is 6.92 Å². The van der Waals surface area contributed by atoms with Crippen LogP contribution in [0.15, 0.2) is 24.3 Å². The first kappa shape index (κ1) is 14.6. The Bertz CT molecular complexity index is 459. The third kappa shape index (κ3) is 4.08. The number of benzene rings is 1.